The van der Waals surface area contributed by atoms with Crippen molar-refractivity contribution in [3.05, 3.63) is 0 Å². The number of hydrogen-bond acceptors (Lipinski definition) is 2. The van der Waals surface area contributed by atoms with E-state index in [9.17, 15) is 9.59 Å². The van der Waals surface area contributed by atoms with Gasteiger partial charge in [-0.15, -0.1) is 24.8 Å². The maximum absolute atomic E-state index is 10.6. The van der Waals surface area contributed by atoms with Crippen LogP contribution in [0.2, 0.25) is 0 Å². The standard InChI is InChI=1S/C15H28O4.2ClH/c1-12(2)13(10-11-15(18)19)8-6-4-3-5-7-9-14(16)17;;/h12-13H,3-11H2,1-2H3,(H,16,17)(H,18,19);2*1H. The number of carboxylic acid groups (broad SMARTS) is 2. The van der Waals surface area contributed by atoms with Crippen LogP contribution in [0, 0.1) is 11.8 Å². The van der Waals surface area contributed by atoms with Gasteiger partial charge in [0.05, 0.1) is 0 Å². The first-order chi connectivity index (χ1) is 8.93. The van der Waals surface area contributed by atoms with Gasteiger partial charge in [0.1, 0.15) is 0 Å². The van der Waals surface area contributed by atoms with Gasteiger partial charge in [-0.25, -0.2) is 0 Å². The monoisotopic (exact) mass is 344 g/mol. The molecule has 0 saturated heterocycles. The van der Waals surface area contributed by atoms with Gasteiger partial charge in [0, 0.05) is 12.8 Å². The normalized spacial score (nSPS) is 11.4. The van der Waals surface area contributed by atoms with E-state index in [1.807, 2.05) is 0 Å². The zero-order valence-electron chi connectivity index (χ0n) is 13.0. The van der Waals surface area contributed by atoms with E-state index in [0.29, 0.717) is 11.8 Å². The van der Waals surface area contributed by atoms with E-state index in [2.05, 4.69) is 13.8 Å². The Morgan fingerprint density at radius 3 is 1.71 bits per heavy atom. The van der Waals surface area contributed by atoms with Crippen LogP contribution in [0.5, 0.6) is 0 Å². The lowest BCUT2D eigenvalue weighted by atomic mass is 9.86. The molecular weight excluding hydrogens is 315 g/mol. The van der Waals surface area contributed by atoms with Crippen molar-refractivity contribution in [3.63, 3.8) is 0 Å². The minimum atomic E-state index is -0.714. The van der Waals surface area contributed by atoms with Gasteiger partial charge in [-0.3, -0.25) is 9.59 Å². The van der Waals surface area contributed by atoms with E-state index in [1.54, 1.807) is 0 Å². The van der Waals surface area contributed by atoms with E-state index in [4.69, 9.17) is 10.2 Å². The molecule has 21 heavy (non-hydrogen) atoms. The summed E-state index contributed by atoms with van der Waals surface area (Å²) in [5, 5.41) is 17.2. The van der Waals surface area contributed by atoms with E-state index >= 15 is 0 Å². The minimum absolute atomic E-state index is 0. The SMILES string of the molecule is CC(C)C(CCCCCCCC(=O)O)CCC(=O)O.Cl.Cl. The number of carboxylic acids is 2. The summed E-state index contributed by atoms with van der Waals surface area (Å²) in [5.74, 6) is -0.394. The lowest BCUT2D eigenvalue weighted by Gasteiger charge is -2.19. The molecule has 0 heterocycles. The van der Waals surface area contributed by atoms with Crippen molar-refractivity contribution in [2.75, 3.05) is 0 Å². The maximum Gasteiger partial charge on any atom is 0.303 e. The topological polar surface area (TPSA) is 74.6 Å². The molecular formula is C15H30Cl2O4. The van der Waals surface area contributed by atoms with Gasteiger partial charge in [-0.05, 0) is 24.7 Å². The molecule has 0 fully saturated rings. The highest BCUT2D eigenvalue weighted by Gasteiger charge is 2.14. The molecule has 2 N–H and O–H groups in total. The van der Waals surface area contributed by atoms with E-state index in [-0.39, 0.29) is 37.7 Å². The molecule has 4 nitrogen and oxygen atoms in total. The highest BCUT2D eigenvalue weighted by Crippen LogP contribution is 2.24. The highest BCUT2D eigenvalue weighted by atomic mass is 35.5. The third kappa shape index (κ3) is 17.5. The first-order valence-electron chi connectivity index (χ1n) is 7.37. The zero-order valence-corrected chi connectivity index (χ0v) is 14.7. The Labute approximate surface area is 140 Å². The van der Waals surface area contributed by atoms with Gasteiger partial charge in [0.2, 0.25) is 0 Å². The molecule has 0 bridgehead atoms. The van der Waals surface area contributed by atoms with Gasteiger partial charge < -0.3 is 10.2 Å². The van der Waals surface area contributed by atoms with Crippen LogP contribution in [-0.2, 0) is 9.59 Å². The molecule has 0 aromatic heterocycles. The molecule has 0 aliphatic carbocycles. The van der Waals surface area contributed by atoms with Crippen molar-refractivity contribution < 1.29 is 19.8 Å². The summed E-state index contributed by atoms with van der Waals surface area (Å²) in [6.07, 6.45) is 7.46. The molecule has 0 spiro atoms. The molecule has 0 rings (SSSR count). The van der Waals surface area contributed by atoms with Crippen molar-refractivity contribution in [2.45, 2.75) is 71.6 Å². The van der Waals surface area contributed by atoms with Crippen LogP contribution in [0.1, 0.15) is 71.6 Å². The third-order valence-corrected chi connectivity index (χ3v) is 3.64. The molecule has 6 heteroatoms. The average molecular weight is 345 g/mol. The fourth-order valence-electron chi connectivity index (χ4n) is 2.33. The second-order valence-corrected chi connectivity index (χ2v) is 5.64. The first-order valence-corrected chi connectivity index (χ1v) is 7.37. The summed E-state index contributed by atoms with van der Waals surface area (Å²) in [4.78, 5) is 20.9. The average Bonchev–Trinajstić information content (AvgIpc) is 2.30. The summed E-state index contributed by atoms with van der Waals surface area (Å²) in [7, 11) is 0. The molecule has 0 aromatic carbocycles. The van der Waals surface area contributed by atoms with Gasteiger partial charge in [-0.2, -0.15) is 0 Å². The van der Waals surface area contributed by atoms with Crippen molar-refractivity contribution in [3.8, 4) is 0 Å². The van der Waals surface area contributed by atoms with Crippen LogP contribution in [0.3, 0.4) is 0 Å². The first kappa shape index (κ1) is 25.5. The van der Waals surface area contributed by atoms with E-state index < -0.39 is 11.9 Å². The Morgan fingerprint density at radius 2 is 1.24 bits per heavy atom. The van der Waals surface area contributed by atoms with Crippen molar-refractivity contribution in [1.82, 2.24) is 0 Å². The molecule has 1 unspecified atom stereocenters. The van der Waals surface area contributed by atoms with Crippen molar-refractivity contribution >= 4 is 36.8 Å². The predicted molar refractivity (Wildman–Crippen MR) is 89.6 cm³/mol. The molecule has 0 aromatic rings. The van der Waals surface area contributed by atoms with Crippen LogP contribution >= 0.6 is 24.8 Å². The van der Waals surface area contributed by atoms with Crippen LogP contribution < -0.4 is 0 Å². The maximum atomic E-state index is 10.6. The number of aliphatic carboxylic acids is 2. The Balaban J connectivity index is -0.00000162. The summed E-state index contributed by atoms with van der Waals surface area (Å²) in [6.45, 7) is 4.30. The predicted octanol–water partition coefficient (Wildman–Crippen LogP) is 4.78. The molecule has 0 saturated carbocycles. The van der Waals surface area contributed by atoms with Crippen molar-refractivity contribution in [1.29, 1.82) is 0 Å². The fraction of sp³-hybridized carbons (Fsp3) is 0.867. The number of halogens is 2. The molecule has 0 radical (unpaired) electrons. The lowest BCUT2D eigenvalue weighted by molar-refractivity contribution is -0.138. The highest BCUT2D eigenvalue weighted by molar-refractivity contribution is 5.85. The second-order valence-electron chi connectivity index (χ2n) is 5.64. The van der Waals surface area contributed by atoms with Crippen LogP contribution in [-0.4, -0.2) is 22.2 Å². The molecule has 0 aliphatic rings. The molecule has 128 valence electrons. The summed E-state index contributed by atoms with van der Waals surface area (Å²) >= 11 is 0. The van der Waals surface area contributed by atoms with Crippen LogP contribution in [0.25, 0.3) is 0 Å². The third-order valence-electron chi connectivity index (χ3n) is 3.64. The Morgan fingerprint density at radius 1 is 0.762 bits per heavy atom. The van der Waals surface area contributed by atoms with Gasteiger partial charge in [0.15, 0.2) is 0 Å². The number of carbonyl (C=O) groups is 2. The fourth-order valence-corrected chi connectivity index (χ4v) is 2.33. The molecule has 0 aliphatic heterocycles. The molecule has 0 amide bonds. The van der Waals surface area contributed by atoms with Gasteiger partial charge in [-0.1, -0.05) is 46.0 Å². The zero-order chi connectivity index (χ0) is 14.7. The largest absolute Gasteiger partial charge is 0.481 e. The molecule has 1 atom stereocenters. The Kier molecular flexibility index (Phi) is 19.3. The number of unbranched alkanes of at least 4 members (excludes halogenated alkanes) is 4. The number of rotatable bonds is 12. The van der Waals surface area contributed by atoms with Crippen LogP contribution in [0.4, 0.5) is 0 Å². The van der Waals surface area contributed by atoms with Gasteiger partial charge >= 0.3 is 11.9 Å². The van der Waals surface area contributed by atoms with Crippen molar-refractivity contribution in [2.24, 2.45) is 11.8 Å². The Bertz CT molecular complexity index is 270. The van der Waals surface area contributed by atoms with Gasteiger partial charge in [0.25, 0.3) is 0 Å². The van der Waals surface area contributed by atoms with E-state index in [0.717, 1.165) is 44.9 Å². The quantitative estimate of drug-likeness (QED) is 0.499. The summed E-state index contributed by atoms with van der Waals surface area (Å²) < 4.78 is 0. The number of hydrogen-bond donors (Lipinski definition) is 2. The van der Waals surface area contributed by atoms with Crippen LogP contribution in [0.15, 0.2) is 0 Å². The lowest BCUT2D eigenvalue weighted by Crippen LogP contribution is -2.11. The second kappa shape index (κ2) is 15.9. The minimum Gasteiger partial charge on any atom is -0.481 e. The summed E-state index contributed by atoms with van der Waals surface area (Å²) in [6, 6.07) is 0. The smallest absolute Gasteiger partial charge is 0.303 e. The Hall–Kier alpha value is -0.480. The summed E-state index contributed by atoms with van der Waals surface area (Å²) in [5.41, 5.74) is 0. The van der Waals surface area contributed by atoms with E-state index in [1.165, 1.54) is 0 Å².